The van der Waals surface area contributed by atoms with Gasteiger partial charge < -0.3 is 9.88 Å². The van der Waals surface area contributed by atoms with E-state index in [2.05, 4.69) is 30.1 Å². The Labute approximate surface area is 116 Å². The molecular formula is C15H24N4. The Morgan fingerprint density at radius 2 is 2.32 bits per heavy atom. The van der Waals surface area contributed by atoms with Crippen molar-refractivity contribution in [3.8, 4) is 6.07 Å². The fraction of sp³-hybridized carbons (Fsp3) is 0.667. The second-order valence-corrected chi connectivity index (χ2v) is 5.37. The van der Waals surface area contributed by atoms with E-state index in [9.17, 15) is 0 Å². The van der Waals surface area contributed by atoms with Crippen molar-refractivity contribution in [3.63, 3.8) is 0 Å². The maximum absolute atomic E-state index is 9.02. The van der Waals surface area contributed by atoms with Gasteiger partial charge in [-0.05, 0) is 44.5 Å². The van der Waals surface area contributed by atoms with E-state index < -0.39 is 0 Å². The smallest absolute Gasteiger partial charge is 0.120 e. The third-order valence-electron chi connectivity index (χ3n) is 4.36. The summed E-state index contributed by atoms with van der Waals surface area (Å²) in [6.07, 6.45) is 2.63. The number of nitrogens with zero attached hydrogens (tertiary/aromatic N) is 3. The van der Waals surface area contributed by atoms with Gasteiger partial charge in [0.15, 0.2) is 0 Å². The third kappa shape index (κ3) is 2.99. The minimum absolute atomic E-state index is 0.685. The summed E-state index contributed by atoms with van der Waals surface area (Å²) in [5.74, 6) is 0. The highest BCUT2D eigenvalue weighted by molar-refractivity contribution is 5.34. The normalized spacial score (nSPS) is 19.8. The number of likely N-dealkylation sites (tertiary alicyclic amines) is 1. The average Bonchev–Trinajstić information content (AvgIpc) is 2.98. The van der Waals surface area contributed by atoms with Gasteiger partial charge in [-0.15, -0.1) is 0 Å². The van der Waals surface area contributed by atoms with E-state index in [1.807, 2.05) is 17.7 Å². The van der Waals surface area contributed by atoms with Gasteiger partial charge >= 0.3 is 0 Å². The van der Waals surface area contributed by atoms with Crippen molar-refractivity contribution in [3.05, 3.63) is 23.0 Å². The van der Waals surface area contributed by atoms with Crippen LogP contribution in [0.2, 0.25) is 0 Å². The first-order valence-corrected chi connectivity index (χ1v) is 7.17. The van der Waals surface area contributed by atoms with Gasteiger partial charge in [-0.1, -0.05) is 6.92 Å². The summed E-state index contributed by atoms with van der Waals surface area (Å²) in [6.45, 7) is 8.60. The maximum Gasteiger partial charge on any atom is 0.120 e. The van der Waals surface area contributed by atoms with Gasteiger partial charge in [0.1, 0.15) is 11.8 Å². The molecule has 2 rings (SSSR count). The largest absolute Gasteiger partial charge is 0.340 e. The molecular weight excluding hydrogens is 236 g/mol. The second kappa shape index (κ2) is 6.23. The highest BCUT2D eigenvalue weighted by Gasteiger charge is 2.22. The van der Waals surface area contributed by atoms with Crippen LogP contribution in [-0.2, 0) is 13.6 Å². The van der Waals surface area contributed by atoms with Crippen molar-refractivity contribution >= 4 is 0 Å². The van der Waals surface area contributed by atoms with Crippen LogP contribution in [0.1, 0.15) is 36.7 Å². The second-order valence-electron chi connectivity index (χ2n) is 5.37. The molecule has 0 aromatic carbocycles. The number of hydrogen-bond acceptors (Lipinski definition) is 3. The predicted octanol–water partition coefficient (Wildman–Crippen LogP) is 1.78. The molecule has 1 atom stereocenters. The Morgan fingerprint density at radius 3 is 2.95 bits per heavy atom. The number of aromatic nitrogens is 1. The molecule has 0 radical (unpaired) electrons. The molecule has 0 amide bonds. The van der Waals surface area contributed by atoms with Gasteiger partial charge in [0.2, 0.25) is 0 Å². The predicted molar refractivity (Wildman–Crippen MR) is 76.8 cm³/mol. The van der Waals surface area contributed by atoms with Crippen molar-refractivity contribution in [1.82, 2.24) is 14.8 Å². The van der Waals surface area contributed by atoms with Crippen molar-refractivity contribution in [1.29, 1.82) is 5.26 Å². The zero-order valence-electron chi connectivity index (χ0n) is 12.2. The first kappa shape index (κ1) is 14.1. The van der Waals surface area contributed by atoms with E-state index in [1.165, 1.54) is 30.6 Å². The first-order chi connectivity index (χ1) is 9.17. The molecule has 1 unspecified atom stereocenters. The number of rotatable bonds is 5. The SMILES string of the molecule is CCN1CCCC1CNCc1cc(C#N)n(C)c1C. The molecule has 0 saturated carbocycles. The molecule has 1 fully saturated rings. The highest BCUT2D eigenvalue weighted by atomic mass is 15.2. The van der Waals surface area contributed by atoms with Gasteiger partial charge in [-0.3, -0.25) is 4.90 Å². The van der Waals surface area contributed by atoms with Gasteiger partial charge in [0, 0.05) is 31.9 Å². The number of nitriles is 1. The van der Waals surface area contributed by atoms with Crippen LogP contribution in [0.15, 0.2) is 6.07 Å². The fourth-order valence-corrected chi connectivity index (χ4v) is 2.96. The molecule has 4 heteroatoms. The molecule has 1 aromatic rings. The van der Waals surface area contributed by atoms with E-state index in [4.69, 9.17) is 5.26 Å². The summed E-state index contributed by atoms with van der Waals surface area (Å²) < 4.78 is 1.96. The molecule has 2 heterocycles. The van der Waals surface area contributed by atoms with Crippen molar-refractivity contribution in [2.45, 2.75) is 39.3 Å². The van der Waals surface area contributed by atoms with E-state index in [-0.39, 0.29) is 0 Å². The summed E-state index contributed by atoms with van der Waals surface area (Å²) >= 11 is 0. The molecule has 1 aliphatic heterocycles. The van der Waals surface area contributed by atoms with Crippen LogP contribution in [0.3, 0.4) is 0 Å². The minimum atomic E-state index is 0.685. The highest BCUT2D eigenvalue weighted by Crippen LogP contribution is 2.16. The Morgan fingerprint density at radius 1 is 1.53 bits per heavy atom. The molecule has 1 saturated heterocycles. The van der Waals surface area contributed by atoms with Crippen LogP contribution < -0.4 is 5.32 Å². The van der Waals surface area contributed by atoms with Crippen LogP contribution in [0.25, 0.3) is 0 Å². The van der Waals surface area contributed by atoms with Crippen LogP contribution in [0.4, 0.5) is 0 Å². The summed E-state index contributed by atoms with van der Waals surface area (Å²) in [7, 11) is 1.95. The van der Waals surface area contributed by atoms with E-state index in [0.717, 1.165) is 25.3 Å². The van der Waals surface area contributed by atoms with Crippen molar-refractivity contribution in [2.75, 3.05) is 19.6 Å². The van der Waals surface area contributed by atoms with Gasteiger partial charge in [-0.2, -0.15) is 5.26 Å². The summed E-state index contributed by atoms with van der Waals surface area (Å²) in [4.78, 5) is 2.55. The summed E-state index contributed by atoms with van der Waals surface area (Å²) in [5, 5.41) is 12.6. The van der Waals surface area contributed by atoms with Crippen LogP contribution in [0.5, 0.6) is 0 Å². The minimum Gasteiger partial charge on any atom is -0.340 e. The lowest BCUT2D eigenvalue weighted by atomic mass is 10.2. The molecule has 104 valence electrons. The van der Waals surface area contributed by atoms with Gasteiger partial charge in [-0.25, -0.2) is 0 Å². The van der Waals surface area contributed by atoms with E-state index >= 15 is 0 Å². The van der Waals surface area contributed by atoms with Crippen LogP contribution in [-0.4, -0.2) is 35.1 Å². The molecule has 19 heavy (non-hydrogen) atoms. The zero-order chi connectivity index (χ0) is 13.8. The fourth-order valence-electron chi connectivity index (χ4n) is 2.96. The topological polar surface area (TPSA) is 44.0 Å². The standard InChI is InChI=1S/C15H24N4/c1-4-19-7-5-6-14(19)11-17-10-13-8-15(9-16)18(3)12(13)2/h8,14,17H,4-7,10-11H2,1-3H3. The number of nitrogens with one attached hydrogen (secondary N) is 1. The lowest BCUT2D eigenvalue weighted by Gasteiger charge is -2.23. The molecule has 0 spiro atoms. The quantitative estimate of drug-likeness (QED) is 0.877. The summed E-state index contributed by atoms with van der Waals surface area (Å²) in [5.41, 5.74) is 3.16. The van der Waals surface area contributed by atoms with Gasteiger partial charge in [0.05, 0.1) is 0 Å². The van der Waals surface area contributed by atoms with Crippen LogP contribution in [0, 0.1) is 18.3 Å². The molecule has 4 nitrogen and oxygen atoms in total. The molecule has 1 aromatic heterocycles. The van der Waals surface area contributed by atoms with E-state index in [1.54, 1.807) is 0 Å². The third-order valence-corrected chi connectivity index (χ3v) is 4.36. The Balaban J connectivity index is 1.88. The molecule has 1 aliphatic rings. The molecule has 0 bridgehead atoms. The van der Waals surface area contributed by atoms with E-state index in [0.29, 0.717) is 6.04 Å². The monoisotopic (exact) mass is 260 g/mol. The Hall–Kier alpha value is -1.31. The molecule has 1 N–H and O–H groups in total. The lowest BCUT2D eigenvalue weighted by Crippen LogP contribution is -2.37. The van der Waals surface area contributed by atoms with Crippen molar-refractivity contribution < 1.29 is 0 Å². The molecule has 0 aliphatic carbocycles. The first-order valence-electron chi connectivity index (χ1n) is 7.17. The number of hydrogen-bond donors (Lipinski definition) is 1. The Bertz CT molecular complexity index is 469. The van der Waals surface area contributed by atoms with Crippen LogP contribution >= 0.6 is 0 Å². The summed E-state index contributed by atoms with van der Waals surface area (Å²) in [6, 6.07) is 4.91. The lowest BCUT2D eigenvalue weighted by molar-refractivity contribution is 0.260. The maximum atomic E-state index is 9.02. The van der Waals surface area contributed by atoms with Crippen molar-refractivity contribution in [2.24, 2.45) is 7.05 Å². The average molecular weight is 260 g/mol. The zero-order valence-corrected chi connectivity index (χ0v) is 12.2. The van der Waals surface area contributed by atoms with Gasteiger partial charge in [0.25, 0.3) is 0 Å². The Kier molecular flexibility index (Phi) is 4.62. The number of likely N-dealkylation sites (N-methyl/N-ethyl adjacent to an activating group) is 1.